The molecule has 0 bridgehead atoms. The van der Waals surface area contributed by atoms with Crippen LogP contribution in [0.15, 0.2) is 121 Å². The molecule has 4 aromatic heterocycles. The zero-order chi connectivity index (χ0) is 40.2. The van der Waals surface area contributed by atoms with Crippen LogP contribution in [0.25, 0.3) is 43.6 Å². The predicted octanol–water partition coefficient (Wildman–Crippen LogP) is 8.57. The number of hydrogen-bond donors (Lipinski definition) is 0. The second-order valence-electron chi connectivity index (χ2n) is 13.7. The molecule has 0 aliphatic carbocycles. The summed E-state index contributed by atoms with van der Waals surface area (Å²) < 4.78 is 37.5. The van der Waals surface area contributed by atoms with Gasteiger partial charge in [-0.25, -0.2) is 0 Å². The van der Waals surface area contributed by atoms with E-state index in [0.29, 0.717) is 45.1 Å². The third-order valence-corrected chi connectivity index (χ3v) is 14.8. The van der Waals surface area contributed by atoms with Gasteiger partial charge in [0.25, 0.3) is 0 Å². The van der Waals surface area contributed by atoms with Gasteiger partial charge in [-0.2, -0.15) is 0 Å². The van der Waals surface area contributed by atoms with Gasteiger partial charge in [0.1, 0.15) is 0 Å². The van der Waals surface area contributed by atoms with Gasteiger partial charge in [-0.05, 0) is 0 Å². The number of nitrogens with zero attached hydrogens (tertiary/aromatic N) is 4. The summed E-state index contributed by atoms with van der Waals surface area (Å²) in [7, 11) is 0. The topological polar surface area (TPSA) is 141 Å². The number of fused-ring (bicyclic) bond motifs is 4. The van der Waals surface area contributed by atoms with Crippen LogP contribution in [0.1, 0.15) is 35.6 Å². The monoisotopic (exact) mass is 886 g/mol. The Morgan fingerprint density at radius 2 is 0.655 bits per heavy atom. The van der Waals surface area contributed by atoms with E-state index in [-0.39, 0.29) is 12.8 Å². The van der Waals surface area contributed by atoms with Crippen LogP contribution in [0.3, 0.4) is 0 Å². The van der Waals surface area contributed by atoms with Crippen molar-refractivity contribution in [2.45, 2.75) is 40.5 Å². The third-order valence-electron chi connectivity index (χ3n) is 9.17. The van der Waals surface area contributed by atoms with E-state index in [1.165, 1.54) is 0 Å². The number of carbonyl (C=O) groups excluding carboxylic acids is 2. The molecule has 286 valence electrons. The van der Waals surface area contributed by atoms with Crippen LogP contribution in [0.4, 0.5) is 0 Å². The van der Waals surface area contributed by atoms with Crippen LogP contribution >= 0.6 is 0 Å². The van der Waals surface area contributed by atoms with Crippen molar-refractivity contribution >= 4 is 90.2 Å². The summed E-state index contributed by atoms with van der Waals surface area (Å²) in [6.45, 7) is 7.55. The number of carbonyl (C=O) groups is 2. The maximum atomic E-state index is 13.6. The molecular weight excluding hydrogens is 852 g/mol. The molecule has 0 amide bonds. The first-order valence-corrected chi connectivity index (χ1v) is 24.6. The second kappa shape index (κ2) is 17.2. The van der Waals surface area contributed by atoms with Crippen molar-refractivity contribution in [2.75, 3.05) is 0 Å². The number of benzene rings is 4. The molecule has 0 N–H and O–H groups in total. The molecule has 0 spiro atoms. The maximum absolute atomic E-state index is 13.6. The quantitative estimate of drug-likeness (QED) is 0.102. The van der Waals surface area contributed by atoms with Gasteiger partial charge in [0.15, 0.2) is 0 Å². The molecule has 14 heteroatoms. The van der Waals surface area contributed by atoms with E-state index in [1.807, 2.05) is 125 Å². The number of rotatable bonds is 13. The summed E-state index contributed by atoms with van der Waals surface area (Å²) in [5.41, 5.74) is 5.64. The van der Waals surface area contributed by atoms with E-state index in [2.05, 4.69) is 19.9 Å². The standard InChI is InChI=1S/4C10H9NO.C4H6O4.2Ga/c4*1-7-5-6-8-3-2-4-9(12)10(8)11-7;5-3(6)1-2-4(7)8;;/h4*2-6,12H,1H3;1-2H2,(H,5,6)(H,7,8);;/q;;;;;2*+3/p-6. The first-order chi connectivity index (χ1) is 28.1. The van der Waals surface area contributed by atoms with Gasteiger partial charge in [0.2, 0.25) is 0 Å². The molecule has 12 nitrogen and oxygen atoms in total. The van der Waals surface area contributed by atoms with Gasteiger partial charge < -0.3 is 0 Å². The Kier molecular flexibility index (Phi) is 11.5. The van der Waals surface area contributed by atoms with Crippen LogP contribution < -0.4 is 14.1 Å². The van der Waals surface area contributed by atoms with Crippen LogP contribution in [-0.2, 0) is 16.6 Å². The molecule has 0 aliphatic heterocycles. The zero-order valence-electron chi connectivity index (χ0n) is 32.2. The van der Waals surface area contributed by atoms with Crippen molar-refractivity contribution < 1.29 is 30.8 Å². The van der Waals surface area contributed by atoms with Crippen LogP contribution in [-0.4, -0.2) is 66.5 Å². The average molecular weight is 888 g/mol. The van der Waals surface area contributed by atoms with Crippen LogP contribution in [0.5, 0.6) is 23.0 Å². The van der Waals surface area contributed by atoms with Crippen molar-refractivity contribution in [1.82, 2.24) is 19.9 Å². The summed E-state index contributed by atoms with van der Waals surface area (Å²) >= 11 is -8.00. The zero-order valence-corrected chi connectivity index (χ0v) is 37.0. The number of para-hydroxylation sites is 4. The first-order valence-electron chi connectivity index (χ1n) is 18.7. The summed E-state index contributed by atoms with van der Waals surface area (Å²) in [5.74, 6) is 0.301. The van der Waals surface area contributed by atoms with E-state index in [0.717, 1.165) is 44.3 Å². The number of aromatic nitrogens is 4. The van der Waals surface area contributed by atoms with Crippen molar-refractivity contribution in [3.8, 4) is 23.0 Å². The summed E-state index contributed by atoms with van der Waals surface area (Å²) in [6.07, 6.45) is -0.627. The SMILES string of the molecule is Cc1ccc2cccc([O][Ga]([O]C(=O)CCC(=O)[O][Ga]([O]c3cccc4ccc(C)nc34)[O]c3cccc4ccc(C)nc34)[O]c3cccc4ccc(C)nc34)c2n1. The van der Waals surface area contributed by atoms with Gasteiger partial charge in [-0.15, -0.1) is 0 Å². The third kappa shape index (κ3) is 9.05. The first kappa shape index (κ1) is 38.8. The van der Waals surface area contributed by atoms with Gasteiger partial charge >= 0.3 is 349 Å². The molecule has 8 aromatic rings. The van der Waals surface area contributed by atoms with Gasteiger partial charge in [0.05, 0.1) is 0 Å². The number of hydrogen-bond acceptors (Lipinski definition) is 12. The molecule has 4 aromatic carbocycles. The molecule has 0 atom stereocenters. The molecular formula is C44H36Ga2N4O8. The van der Waals surface area contributed by atoms with Crippen LogP contribution in [0.2, 0.25) is 0 Å². The average Bonchev–Trinajstić information content (AvgIpc) is 3.21. The van der Waals surface area contributed by atoms with E-state index < -0.39 is 46.6 Å². The fraction of sp³-hybridized carbons (Fsp3) is 0.136. The van der Waals surface area contributed by atoms with Crippen LogP contribution in [0, 0.1) is 27.7 Å². The molecule has 58 heavy (non-hydrogen) atoms. The molecule has 0 aliphatic rings. The second-order valence-corrected chi connectivity index (χ2v) is 19.0. The fourth-order valence-corrected chi connectivity index (χ4v) is 11.7. The summed E-state index contributed by atoms with van der Waals surface area (Å²) in [4.78, 5) is 45.8. The predicted molar refractivity (Wildman–Crippen MR) is 221 cm³/mol. The Morgan fingerprint density at radius 1 is 0.397 bits per heavy atom. The Balaban J connectivity index is 1.02. The van der Waals surface area contributed by atoms with Crippen molar-refractivity contribution in [1.29, 1.82) is 0 Å². The molecule has 0 radical (unpaired) electrons. The van der Waals surface area contributed by atoms with Crippen molar-refractivity contribution in [2.24, 2.45) is 0 Å². The Morgan fingerprint density at radius 3 is 0.914 bits per heavy atom. The minimum absolute atomic E-state index is 0.313. The van der Waals surface area contributed by atoms with E-state index >= 15 is 0 Å². The minimum atomic E-state index is -4.00. The number of pyridine rings is 4. The molecule has 8 rings (SSSR count). The van der Waals surface area contributed by atoms with Crippen molar-refractivity contribution in [3.63, 3.8) is 0 Å². The van der Waals surface area contributed by atoms with E-state index in [4.69, 9.17) is 21.2 Å². The molecule has 0 saturated heterocycles. The molecule has 4 heterocycles. The van der Waals surface area contributed by atoms with Crippen molar-refractivity contribution in [3.05, 3.63) is 144 Å². The Labute approximate surface area is 346 Å². The van der Waals surface area contributed by atoms with Gasteiger partial charge in [0, 0.05) is 0 Å². The van der Waals surface area contributed by atoms with Gasteiger partial charge in [-0.3, -0.25) is 0 Å². The fourth-order valence-electron chi connectivity index (χ4n) is 6.35. The van der Waals surface area contributed by atoms with Gasteiger partial charge in [-0.1, -0.05) is 0 Å². The molecule has 0 saturated carbocycles. The van der Waals surface area contributed by atoms with E-state index in [1.54, 1.807) is 24.3 Å². The molecule has 0 fully saturated rings. The van der Waals surface area contributed by atoms with E-state index in [9.17, 15) is 9.59 Å². The number of aryl methyl sites for hydroxylation is 4. The normalized spacial score (nSPS) is 11.0. The molecule has 0 unspecified atom stereocenters. The Hall–Kier alpha value is -6.07. The summed E-state index contributed by atoms with van der Waals surface area (Å²) in [5, 5.41) is 3.42. The Bertz CT molecular complexity index is 2470. The summed E-state index contributed by atoms with van der Waals surface area (Å²) in [6, 6.07) is 37.5.